The zero-order valence-electron chi connectivity index (χ0n) is 9.16. The SMILES string of the molecule is CC/C(=N\NC(=O)OC)c1cccc(Cl)c1. The summed E-state index contributed by atoms with van der Waals surface area (Å²) in [4.78, 5) is 10.9. The lowest BCUT2D eigenvalue weighted by atomic mass is 10.1. The standard InChI is InChI=1S/C11H13ClN2O2/c1-3-10(13-14-11(15)16-2)8-5-4-6-9(12)7-8/h4-7H,3H2,1-2H3,(H,14,15)/b13-10+. The molecule has 0 spiro atoms. The summed E-state index contributed by atoms with van der Waals surface area (Å²) in [6.45, 7) is 1.94. The molecule has 86 valence electrons. The molecule has 0 aromatic heterocycles. The van der Waals surface area contributed by atoms with Crippen molar-refractivity contribution in [3.8, 4) is 0 Å². The summed E-state index contributed by atoms with van der Waals surface area (Å²) >= 11 is 5.87. The Kier molecular flexibility index (Phi) is 4.79. The number of methoxy groups -OCH3 is 1. The fourth-order valence-corrected chi connectivity index (χ4v) is 1.36. The van der Waals surface area contributed by atoms with Crippen molar-refractivity contribution in [1.29, 1.82) is 0 Å². The number of hydrazone groups is 1. The zero-order valence-corrected chi connectivity index (χ0v) is 9.91. The van der Waals surface area contributed by atoms with E-state index in [-0.39, 0.29) is 0 Å². The van der Waals surface area contributed by atoms with Gasteiger partial charge in [0.1, 0.15) is 0 Å². The lowest BCUT2D eigenvalue weighted by Gasteiger charge is -2.04. The highest BCUT2D eigenvalue weighted by Crippen LogP contribution is 2.12. The molecule has 0 saturated carbocycles. The van der Waals surface area contributed by atoms with Gasteiger partial charge in [-0.15, -0.1) is 0 Å². The fourth-order valence-electron chi connectivity index (χ4n) is 1.17. The number of rotatable bonds is 3. The van der Waals surface area contributed by atoms with Crippen molar-refractivity contribution in [2.45, 2.75) is 13.3 Å². The van der Waals surface area contributed by atoms with Gasteiger partial charge in [0.15, 0.2) is 0 Å². The molecule has 0 aliphatic heterocycles. The molecule has 1 rings (SSSR count). The van der Waals surface area contributed by atoms with Gasteiger partial charge in [0.05, 0.1) is 12.8 Å². The highest BCUT2D eigenvalue weighted by atomic mass is 35.5. The van der Waals surface area contributed by atoms with E-state index < -0.39 is 6.09 Å². The van der Waals surface area contributed by atoms with E-state index in [1.54, 1.807) is 12.1 Å². The number of nitrogens with zero attached hydrogens (tertiary/aromatic N) is 1. The molecule has 0 saturated heterocycles. The number of benzene rings is 1. The van der Waals surface area contributed by atoms with Gasteiger partial charge >= 0.3 is 6.09 Å². The number of amides is 1. The summed E-state index contributed by atoms with van der Waals surface area (Å²) in [5.41, 5.74) is 3.91. The normalized spacial score (nSPS) is 11.1. The summed E-state index contributed by atoms with van der Waals surface area (Å²) in [7, 11) is 1.29. The topological polar surface area (TPSA) is 50.7 Å². The molecule has 0 unspecified atom stereocenters. The van der Waals surface area contributed by atoms with E-state index in [0.717, 1.165) is 11.3 Å². The first-order valence-corrected chi connectivity index (χ1v) is 5.21. The number of hydrogen-bond donors (Lipinski definition) is 1. The Morgan fingerprint density at radius 1 is 1.56 bits per heavy atom. The van der Waals surface area contributed by atoms with Crippen LogP contribution in [0.15, 0.2) is 29.4 Å². The fraction of sp³-hybridized carbons (Fsp3) is 0.273. The third-order valence-electron chi connectivity index (χ3n) is 1.96. The molecule has 16 heavy (non-hydrogen) atoms. The molecule has 0 fully saturated rings. The number of carbonyl (C=O) groups excluding carboxylic acids is 1. The Morgan fingerprint density at radius 2 is 2.31 bits per heavy atom. The smallest absolute Gasteiger partial charge is 0.427 e. The van der Waals surface area contributed by atoms with E-state index in [0.29, 0.717) is 11.4 Å². The minimum absolute atomic E-state index is 0.590. The van der Waals surface area contributed by atoms with Gasteiger partial charge < -0.3 is 4.74 Å². The van der Waals surface area contributed by atoms with Crippen molar-refractivity contribution in [2.24, 2.45) is 5.10 Å². The van der Waals surface area contributed by atoms with E-state index >= 15 is 0 Å². The van der Waals surface area contributed by atoms with E-state index in [9.17, 15) is 4.79 Å². The largest absolute Gasteiger partial charge is 0.452 e. The van der Waals surface area contributed by atoms with Crippen LogP contribution in [0, 0.1) is 0 Å². The van der Waals surface area contributed by atoms with Crippen molar-refractivity contribution in [3.63, 3.8) is 0 Å². The minimum Gasteiger partial charge on any atom is -0.452 e. The number of hydrogen-bond acceptors (Lipinski definition) is 3. The second kappa shape index (κ2) is 6.12. The van der Waals surface area contributed by atoms with Gasteiger partial charge in [-0.05, 0) is 24.1 Å². The Hall–Kier alpha value is -1.55. The van der Waals surface area contributed by atoms with Crippen LogP contribution in [-0.2, 0) is 4.74 Å². The maximum absolute atomic E-state index is 10.9. The summed E-state index contributed by atoms with van der Waals surface area (Å²) in [5.74, 6) is 0. The molecule has 0 bridgehead atoms. The summed E-state index contributed by atoms with van der Waals surface area (Å²) in [6.07, 6.45) is 0.0950. The molecular weight excluding hydrogens is 228 g/mol. The van der Waals surface area contributed by atoms with Crippen molar-refractivity contribution in [2.75, 3.05) is 7.11 Å². The van der Waals surface area contributed by atoms with E-state index in [1.807, 2.05) is 19.1 Å². The van der Waals surface area contributed by atoms with Gasteiger partial charge in [0, 0.05) is 5.02 Å². The van der Waals surface area contributed by atoms with Gasteiger partial charge in [0.2, 0.25) is 0 Å². The quantitative estimate of drug-likeness (QED) is 0.652. The number of nitrogens with one attached hydrogen (secondary N) is 1. The van der Waals surface area contributed by atoms with Crippen LogP contribution >= 0.6 is 11.6 Å². The van der Waals surface area contributed by atoms with Crippen LogP contribution in [0.2, 0.25) is 5.02 Å². The van der Waals surface area contributed by atoms with E-state index in [1.165, 1.54) is 7.11 Å². The van der Waals surface area contributed by atoms with Crippen molar-refractivity contribution >= 4 is 23.4 Å². The van der Waals surface area contributed by atoms with Gasteiger partial charge in [-0.1, -0.05) is 30.7 Å². The minimum atomic E-state index is -0.590. The maximum atomic E-state index is 10.9. The molecule has 5 heteroatoms. The molecule has 0 radical (unpaired) electrons. The number of carbonyl (C=O) groups is 1. The van der Waals surface area contributed by atoms with Crippen LogP contribution in [0.1, 0.15) is 18.9 Å². The van der Waals surface area contributed by atoms with Gasteiger partial charge in [-0.2, -0.15) is 5.10 Å². The molecule has 0 heterocycles. The second-order valence-corrected chi connectivity index (χ2v) is 3.46. The van der Waals surface area contributed by atoms with Crippen LogP contribution in [0.5, 0.6) is 0 Å². The Bertz CT molecular complexity index is 405. The molecule has 1 N–H and O–H groups in total. The summed E-state index contributed by atoms with van der Waals surface area (Å²) < 4.78 is 4.42. The molecular formula is C11H13ClN2O2. The Morgan fingerprint density at radius 3 is 2.88 bits per heavy atom. The Labute approximate surface area is 99.2 Å². The Balaban J connectivity index is 2.85. The average molecular weight is 241 g/mol. The highest BCUT2D eigenvalue weighted by molar-refractivity contribution is 6.31. The predicted molar refractivity (Wildman–Crippen MR) is 63.8 cm³/mol. The second-order valence-electron chi connectivity index (χ2n) is 3.03. The molecule has 1 aromatic rings. The first kappa shape index (κ1) is 12.5. The van der Waals surface area contributed by atoms with Gasteiger partial charge in [-0.3, -0.25) is 0 Å². The van der Waals surface area contributed by atoms with E-state index in [2.05, 4.69) is 15.3 Å². The maximum Gasteiger partial charge on any atom is 0.427 e. The first-order chi connectivity index (χ1) is 7.67. The number of ether oxygens (including phenoxy) is 1. The van der Waals surface area contributed by atoms with Crippen LogP contribution in [-0.4, -0.2) is 18.9 Å². The lowest BCUT2D eigenvalue weighted by Crippen LogP contribution is -2.19. The molecule has 0 aliphatic carbocycles. The highest BCUT2D eigenvalue weighted by Gasteiger charge is 2.03. The van der Waals surface area contributed by atoms with Crippen molar-refractivity contribution in [3.05, 3.63) is 34.9 Å². The van der Waals surface area contributed by atoms with Crippen molar-refractivity contribution in [1.82, 2.24) is 5.43 Å². The predicted octanol–water partition coefficient (Wildman–Crippen LogP) is 2.81. The zero-order chi connectivity index (χ0) is 12.0. The molecule has 0 aliphatic rings. The molecule has 1 aromatic carbocycles. The van der Waals surface area contributed by atoms with Crippen LogP contribution in [0.25, 0.3) is 0 Å². The average Bonchev–Trinajstić information content (AvgIpc) is 2.29. The van der Waals surface area contributed by atoms with Gasteiger partial charge in [0.25, 0.3) is 0 Å². The monoisotopic (exact) mass is 240 g/mol. The van der Waals surface area contributed by atoms with Gasteiger partial charge in [-0.25, -0.2) is 10.2 Å². The summed E-state index contributed by atoms with van der Waals surface area (Å²) in [6, 6.07) is 7.29. The molecule has 0 atom stereocenters. The van der Waals surface area contributed by atoms with Crippen LogP contribution in [0.4, 0.5) is 4.79 Å². The van der Waals surface area contributed by atoms with Crippen LogP contribution in [0.3, 0.4) is 0 Å². The third kappa shape index (κ3) is 3.55. The first-order valence-electron chi connectivity index (χ1n) is 4.83. The summed E-state index contributed by atoms with van der Waals surface area (Å²) in [5, 5.41) is 4.59. The number of halogens is 1. The van der Waals surface area contributed by atoms with Crippen LogP contribution < -0.4 is 5.43 Å². The molecule has 1 amide bonds. The lowest BCUT2D eigenvalue weighted by molar-refractivity contribution is 0.171. The molecule has 4 nitrogen and oxygen atoms in total. The van der Waals surface area contributed by atoms with Crippen molar-refractivity contribution < 1.29 is 9.53 Å². The third-order valence-corrected chi connectivity index (χ3v) is 2.20. The van der Waals surface area contributed by atoms with E-state index in [4.69, 9.17) is 11.6 Å².